The molecule has 1 aliphatic heterocycles. The van der Waals surface area contributed by atoms with Crippen molar-refractivity contribution in [2.75, 3.05) is 6.61 Å². The minimum Gasteiger partial charge on any atom is -0.463 e. The molecule has 3 heteroatoms. The van der Waals surface area contributed by atoms with Crippen LogP contribution in [0.15, 0.2) is 0 Å². The van der Waals surface area contributed by atoms with Crippen molar-refractivity contribution in [3.05, 3.63) is 0 Å². The molecule has 0 radical (unpaired) electrons. The quantitative estimate of drug-likeness (QED) is 0.518. The first kappa shape index (κ1) is 7.10. The van der Waals surface area contributed by atoms with Crippen molar-refractivity contribution in [3.63, 3.8) is 0 Å². The number of hydrogen-bond acceptors (Lipinski definition) is 3. The Kier molecular flexibility index (Phi) is 1.42. The zero-order valence-corrected chi connectivity index (χ0v) is 6.38. The van der Waals surface area contributed by atoms with Gasteiger partial charge in [0.2, 0.25) is 0 Å². The van der Waals surface area contributed by atoms with E-state index in [1.807, 2.05) is 0 Å². The van der Waals surface area contributed by atoms with Gasteiger partial charge in [-0.15, -0.1) is 0 Å². The lowest BCUT2D eigenvalue weighted by atomic mass is 9.83. The Labute approximate surface area is 65.4 Å². The third-order valence-electron chi connectivity index (χ3n) is 2.90. The summed E-state index contributed by atoms with van der Waals surface area (Å²) in [6.07, 6.45) is 3.28. The number of aliphatic hydroxyl groups is 1. The fourth-order valence-corrected chi connectivity index (χ4v) is 2.12. The third-order valence-corrected chi connectivity index (χ3v) is 2.90. The zero-order chi connectivity index (χ0) is 7.90. The van der Waals surface area contributed by atoms with Crippen LogP contribution in [0, 0.1) is 5.41 Å². The standard InChI is InChI=1S/C8H12O3/c9-6-7(10)11-5-8(6)3-1-2-4-8/h6,9H,1-5H2/t6-/m0/s1. The molecule has 2 aliphatic rings. The van der Waals surface area contributed by atoms with Crippen LogP contribution in [0.1, 0.15) is 25.7 Å². The number of carbonyl (C=O) groups is 1. The summed E-state index contributed by atoms with van der Waals surface area (Å²) in [7, 11) is 0. The molecule has 1 saturated heterocycles. The Balaban J connectivity index is 2.19. The summed E-state index contributed by atoms with van der Waals surface area (Å²) in [4.78, 5) is 10.9. The predicted octanol–water partition coefficient (Wildman–Crippen LogP) is 0.464. The first-order valence-electron chi connectivity index (χ1n) is 4.09. The molecule has 1 heterocycles. The summed E-state index contributed by atoms with van der Waals surface area (Å²) in [5.41, 5.74) is -0.197. The van der Waals surface area contributed by atoms with Gasteiger partial charge in [-0.3, -0.25) is 0 Å². The summed E-state index contributed by atoms with van der Waals surface area (Å²) in [5, 5.41) is 9.47. The van der Waals surface area contributed by atoms with Crippen LogP contribution in [0.4, 0.5) is 0 Å². The molecule has 3 nitrogen and oxygen atoms in total. The van der Waals surface area contributed by atoms with E-state index in [-0.39, 0.29) is 5.41 Å². The van der Waals surface area contributed by atoms with Gasteiger partial charge < -0.3 is 9.84 Å². The van der Waals surface area contributed by atoms with E-state index in [0.29, 0.717) is 6.61 Å². The molecule has 0 aromatic rings. The summed E-state index contributed by atoms with van der Waals surface area (Å²) < 4.78 is 4.81. The zero-order valence-electron chi connectivity index (χ0n) is 6.38. The fraction of sp³-hybridized carbons (Fsp3) is 0.875. The van der Waals surface area contributed by atoms with E-state index in [1.165, 1.54) is 0 Å². The second-order valence-corrected chi connectivity index (χ2v) is 3.58. The molecule has 62 valence electrons. The molecule has 0 bridgehead atoms. The van der Waals surface area contributed by atoms with Crippen LogP contribution in [0.25, 0.3) is 0 Å². The molecular formula is C8H12O3. The number of esters is 1. The topological polar surface area (TPSA) is 46.5 Å². The lowest BCUT2D eigenvalue weighted by Gasteiger charge is -2.21. The summed E-state index contributed by atoms with van der Waals surface area (Å²) in [6.45, 7) is 0.438. The van der Waals surface area contributed by atoms with E-state index in [2.05, 4.69) is 0 Å². The van der Waals surface area contributed by atoms with E-state index in [9.17, 15) is 9.90 Å². The lowest BCUT2D eigenvalue weighted by Crippen LogP contribution is -2.32. The number of cyclic esters (lactones) is 1. The molecule has 2 fully saturated rings. The summed E-state index contributed by atoms with van der Waals surface area (Å²) >= 11 is 0. The second-order valence-electron chi connectivity index (χ2n) is 3.58. The third kappa shape index (κ3) is 0.872. The molecule has 0 unspecified atom stereocenters. The fourth-order valence-electron chi connectivity index (χ4n) is 2.12. The Morgan fingerprint density at radius 3 is 2.55 bits per heavy atom. The number of hydrogen-bond donors (Lipinski definition) is 1. The van der Waals surface area contributed by atoms with E-state index >= 15 is 0 Å². The van der Waals surface area contributed by atoms with Crippen molar-refractivity contribution in [2.24, 2.45) is 5.41 Å². The molecule has 1 saturated carbocycles. The van der Waals surface area contributed by atoms with E-state index in [1.54, 1.807) is 0 Å². The first-order valence-corrected chi connectivity index (χ1v) is 4.09. The van der Waals surface area contributed by atoms with E-state index < -0.39 is 12.1 Å². The van der Waals surface area contributed by atoms with Gasteiger partial charge in [0.1, 0.15) is 6.61 Å². The SMILES string of the molecule is O=C1OCC2(CCCC2)[C@H]1O. The van der Waals surface area contributed by atoms with Crippen LogP contribution in [0.3, 0.4) is 0 Å². The molecule has 1 atom stereocenters. The number of aliphatic hydroxyl groups excluding tert-OH is 1. The normalized spacial score (nSPS) is 34.6. The average molecular weight is 156 g/mol. The minimum atomic E-state index is -0.843. The number of ether oxygens (including phenoxy) is 1. The van der Waals surface area contributed by atoms with Crippen molar-refractivity contribution < 1.29 is 14.6 Å². The van der Waals surface area contributed by atoms with Crippen LogP contribution in [0.2, 0.25) is 0 Å². The van der Waals surface area contributed by atoms with Crippen molar-refractivity contribution in [1.82, 2.24) is 0 Å². The van der Waals surface area contributed by atoms with Crippen molar-refractivity contribution in [1.29, 1.82) is 0 Å². The van der Waals surface area contributed by atoms with Gasteiger partial charge in [0.05, 0.1) is 0 Å². The smallest absolute Gasteiger partial charge is 0.335 e. The molecule has 1 N–H and O–H groups in total. The summed E-state index contributed by atoms with van der Waals surface area (Å²) in [6, 6.07) is 0. The largest absolute Gasteiger partial charge is 0.463 e. The van der Waals surface area contributed by atoms with Crippen LogP contribution < -0.4 is 0 Å². The molecular weight excluding hydrogens is 144 g/mol. The van der Waals surface area contributed by atoms with Gasteiger partial charge >= 0.3 is 5.97 Å². The predicted molar refractivity (Wildman–Crippen MR) is 37.9 cm³/mol. The van der Waals surface area contributed by atoms with Gasteiger partial charge in [0.25, 0.3) is 0 Å². The maximum absolute atomic E-state index is 10.9. The Bertz CT molecular complexity index is 182. The van der Waals surface area contributed by atoms with Crippen molar-refractivity contribution in [2.45, 2.75) is 31.8 Å². The maximum Gasteiger partial charge on any atom is 0.335 e. The van der Waals surface area contributed by atoms with Crippen LogP contribution in [-0.2, 0) is 9.53 Å². The highest BCUT2D eigenvalue weighted by Gasteiger charge is 2.50. The Morgan fingerprint density at radius 2 is 2.09 bits per heavy atom. The molecule has 0 amide bonds. The van der Waals surface area contributed by atoms with Gasteiger partial charge in [0.15, 0.2) is 6.10 Å². The highest BCUT2D eigenvalue weighted by Crippen LogP contribution is 2.44. The van der Waals surface area contributed by atoms with E-state index in [0.717, 1.165) is 25.7 Å². The van der Waals surface area contributed by atoms with Crippen molar-refractivity contribution >= 4 is 5.97 Å². The molecule has 1 spiro atoms. The first-order chi connectivity index (χ1) is 5.25. The lowest BCUT2D eigenvalue weighted by molar-refractivity contribution is -0.145. The van der Waals surface area contributed by atoms with Crippen molar-refractivity contribution in [3.8, 4) is 0 Å². The minimum absolute atomic E-state index is 0.197. The monoisotopic (exact) mass is 156 g/mol. The number of carbonyl (C=O) groups excluding carboxylic acids is 1. The highest BCUT2D eigenvalue weighted by molar-refractivity contribution is 5.77. The Hall–Kier alpha value is -0.570. The summed E-state index contributed by atoms with van der Waals surface area (Å²) in [5.74, 6) is -0.424. The van der Waals surface area contributed by atoms with Gasteiger partial charge in [0, 0.05) is 5.41 Å². The van der Waals surface area contributed by atoms with Gasteiger partial charge in [-0.05, 0) is 12.8 Å². The van der Waals surface area contributed by atoms with E-state index in [4.69, 9.17) is 4.74 Å². The molecule has 1 aliphatic carbocycles. The van der Waals surface area contributed by atoms with Crippen LogP contribution in [0.5, 0.6) is 0 Å². The van der Waals surface area contributed by atoms with Crippen LogP contribution >= 0.6 is 0 Å². The molecule has 11 heavy (non-hydrogen) atoms. The molecule has 2 rings (SSSR count). The number of rotatable bonds is 0. The average Bonchev–Trinajstić information content (AvgIpc) is 2.56. The maximum atomic E-state index is 10.9. The second kappa shape index (κ2) is 2.21. The molecule has 0 aromatic carbocycles. The van der Waals surface area contributed by atoms with Crippen LogP contribution in [-0.4, -0.2) is 23.8 Å². The highest BCUT2D eigenvalue weighted by atomic mass is 16.6. The Morgan fingerprint density at radius 1 is 1.45 bits per heavy atom. The van der Waals surface area contributed by atoms with Gasteiger partial charge in [-0.1, -0.05) is 12.8 Å². The van der Waals surface area contributed by atoms with Gasteiger partial charge in [-0.2, -0.15) is 0 Å². The molecule has 0 aromatic heterocycles. The van der Waals surface area contributed by atoms with Gasteiger partial charge in [-0.25, -0.2) is 4.79 Å².